The van der Waals surface area contributed by atoms with E-state index in [1.54, 1.807) is 7.11 Å². The van der Waals surface area contributed by atoms with Gasteiger partial charge in [0.05, 0.1) is 7.11 Å². The summed E-state index contributed by atoms with van der Waals surface area (Å²) in [6, 6.07) is 5.87. The summed E-state index contributed by atoms with van der Waals surface area (Å²) >= 11 is 0. The molecule has 1 aromatic rings. The molecule has 4 N–H and O–H groups in total. The first-order chi connectivity index (χ1) is 12.4. The van der Waals surface area contributed by atoms with E-state index >= 15 is 0 Å². The Balaban J connectivity index is 1.78. The molecule has 7 nitrogen and oxygen atoms in total. The normalized spacial score (nSPS) is 19.9. The molecule has 2 rings (SSSR count). The third kappa shape index (κ3) is 6.31. The van der Waals surface area contributed by atoms with Crippen molar-refractivity contribution in [2.24, 2.45) is 0 Å². The van der Waals surface area contributed by atoms with Gasteiger partial charge in [-0.3, -0.25) is 10.1 Å². The van der Waals surface area contributed by atoms with Gasteiger partial charge in [-0.1, -0.05) is 11.6 Å². The Bertz CT molecular complexity index is 625. The summed E-state index contributed by atoms with van der Waals surface area (Å²) in [6.45, 7) is 10.9. The van der Waals surface area contributed by atoms with Crippen LogP contribution >= 0.6 is 0 Å². The molecule has 0 saturated carbocycles. The number of hydrogen-bond donors (Lipinski definition) is 4. The van der Waals surface area contributed by atoms with Crippen molar-refractivity contribution in [2.75, 3.05) is 39.8 Å². The van der Waals surface area contributed by atoms with E-state index in [2.05, 4.69) is 29.7 Å². The quantitative estimate of drug-likeness (QED) is 0.497. The van der Waals surface area contributed by atoms with Crippen LogP contribution in [-0.2, 0) is 11.3 Å². The number of quaternary nitrogens is 2. The number of benzene rings is 1. The van der Waals surface area contributed by atoms with Crippen molar-refractivity contribution in [2.45, 2.75) is 33.4 Å². The maximum Gasteiger partial charge on any atom is 0.321 e. The van der Waals surface area contributed by atoms with Gasteiger partial charge < -0.3 is 19.9 Å². The van der Waals surface area contributed by atoms with Gasteiger partial charge in [-0.25, -0.2) is 4.79 Å². The second-order valence-electron chi connectivity index (χ2n) is 7.35. The molecule has 26 heavy (non-hydrogen) atoms. The van der Waals surface area contributed by atoms with Gasteiger partial charge in [-0.05, 0) is 32.9 Å². The Hall–Kier alpha value is -2.12. The smallest absolute Gasteiger partial charge is 0.321 e. The highest BCUT2D eigenvalue weighted by Crippen LogP contribution is 2.18. The second-order valence-corrected chi connectivity index (χ2v) is 7.35. The van der Waals surface area contributed by atoms with Gasteiger partial charge in [0.1, 0.15) is 38.5 Å². The molecule has 1 heterocycles. The predicted octanol–water partition coefficient (Wildman–Crippen LogP) is -1.48. The number of aryl methyl sites for hydroxylation is 1. The number of amides is 3. The Labute approximate surface area is 155 Å². The molecule has 3 amide bonds. The Morgan fingerprint density at radius 2 is 1.81 bits per heavy atom. The maximum absolute atomic E-state index is 12.0. The molecule has 0 aliphatic carbocycles. The lowest BCUT2D eigenvalue weighted by molar-refractivity contribution is -1.02. The summed E-state index contributed by atoms with van der Waals surface area (Å²) < 4.78 is 5.47. The zero-order chi connectivity index (χ0) is 19.1. The number of methoxy groups -OCH3 is 1. The molecule has 1 aromatic carbocycles. The molecule has 144 valence electrons. The maximum atomic E-state index is 12.0. The lowest BCUT2D eigenvalue weighted by Crippen LogP contribution is -3.28. The van der Waals surface area contributed by atoms with E-state index in [-0.39, 0.29) is 11.9 Å². The molecule has 1 saturated heterocycles. The van der Waals surface area contributed by atoms with Crippen LogP contribution in [0.15, 0.2) is 18.2 Å². The molecule has 0 bridgehead atoms. The molecule has 0 atom stereocenters. The van der Waals surface area contributed by atoms with Crippen LogP contribution in [0.5, 0.6) is 5.75 Å². The van der Waals surface area contributed by atoms with Gasteiger partial charge in [0.2, 0.25) is 0 Å². The van der Waals surface area contributed by atoms with E-state index < -0.39 is 6.03 Å². The van der Waals surface area contributed by atoms with Gasteiger partial charge in [0.25, 0.3) is 5.91 Å². The number of urea groups is 1. The number of imide groups is 1. The monoisotopic (exact) mass is 364 g/mol. The molecular formula is C19H32N4O3+2. The second kappa shape index (κ2) is 9.54. The summed E-state index contributed by atoms with van der Waals surface area (Å²) in [5, 5.41) is 5.06. The van der Waals surface area contributed by atoms with Crippen LogP contribution in [0.3, 0.4) is 0 Å². The molecule has 0 unspecified atom stereocenters. The number of piperazine rings is 1. The first kappa shape index (κ1) is 20.2. The summed E-state index contributed by atoms with van der Waals surface area (Å²) in [5.74, 6) is 0.718. The fourth-order valence-corrected chi connectivity index (χ4v) is 3.32. The average molecular weight is 364 g/mol. The lowest BCUT2D eigenvalue weighted by atomic mass is 10.1. The van der Waals surface area contributed by atoms with Crippen molar-refractivity contribution in [3.63, 3.8) is 0 Å². The predicted molar refractivity (Wildman–Crippen MR) is 99.5 cm³/mol. The topological polar surface area (TPSA) is 76.3 Å². The molecule has 1 fully saturated rings. The molecular weight excluding hydrogens is 332 g/mol. The van der Waals surface area contributed by atoms with Crippen molar-refractivity contribution in [3.8, 4) is 5.75 Å². The molecule has 1 aliphatic rings. The number of carbonyl (C=O) groups excluding carboxylic acids is 2. The first-order valence-electron chi connectivity index (χ1n) is 9.28. The van der Waals surface area contributed by atoms with Crippen molar-refractivity contribution >= 4 is 11.9 Å². The summed E-state index contributed by atoms with van der Waals surface area (Å²) in [6.07, 6.45) is 0. The first-order valence-corrected chi connectivity index (χ1v) is 9.28. The average Bonchev–Trinajstić information content (AvgIpc) is 2.56. The minimum atomic E-state index is -0.416. The van der Waals surface area contributed by atoms with Crippen LogP contribution in [-0.4, -0.2) is 57.8 Å². The highest BCUT2D eigenvalue weighted by Gasteiger charge is 2.26. The molecule has 0 spiro atoms. The molecule has 0 radical (unpaired) electrons. The van der Waals surface area contributed by atoms with Crippen molar-refractivity contribution in [1.82, 2.24) is 10.6 Å². The van der Waals surface area contributed by atoms with Crippen LogP contribution < -0.4 is 25.2 Å². The molecule has 7 heteroatoms. The third-order valence-corrected chi connectivity index (χ3v) is 4.62. The van der Waals surface area contributed by atoms with Crippen LogP contribution in [0.2, 0.25) is 0 Å². The fraction of sp³-hybridized carbons (Fsp3) is 0.579. The minimum Gasteiger partial charge on any atom is -0.496 e. The largest absolute Gasteiger partial charge is 0.496 e. The minimum absolute atomic E-state index is 0.0147. The highest BCUT2D eigenvalue weighted by molar-refractivity contribution is 5.94. The third-order valence-electron chi connectivity index (χ3n) is 4.62. The van der Waals surface area contributed by atoms with E-state index in [9.17, 15) is 9.59 Å². The van der Waals surface area contributed by atoms with Gasteiger partial charge in [0, 0.05) is 11.6 Å². The summed E-state index contributed by atoms with van der Waals surface area (Å²) in [4.78, 5) is 26.3. The van der Waals surface area contributed by atoms with Crippen molar-refractivity contribution < 1.29 is 24.1 Å². The van der Waals surface area contributed by atoms with E-state index in [4.69, 9.17) is 4.74 Å². The Kier molecular flexibility index (Phi) is 7.41. The van der Waals surface area contributed by atoms with Crippen LogP contribution in [0.25, 0.3) is 0 Å². The number of hydrogen-bond acceptors (Lipinski definition) is 3. The van der Waals surface area contributed by atoms with Crippen LogP contribution in [0.4, 0.5) is 4.79 Å². The van der Waals surface area contributed by atoms with E-state index in [1.807, 2.05) is 19.9 Å². The highest BCUT2D eigenvalue weighted by atomic mass is 16.5. The molecule has 0 aromatic heterocycles. The SMILES string of the molecule is COc1ccc(C)cc1C[NH+]1CC[NH+](CC(=O)NC(=O)NC(C)C)CC1. The Morgan fingerprint density at radius 1 is 1.15 bits per heavy atom. The van der Waals surface area contributed by atoms with Gasteiger partial charge in [-0.2, -0.15) is 0 Å². The van der Waals surface area contributed by atoms with Crippen molar-refractivity contribution in [3.05, 3.63) is 29.3 Å². The van der Waals surface area contributed by atoms with Gasteiger partial charge in [-0.15, -0.1) is 0 Å². The van der Waals surface area contributed by atoms with E-state index in [1.165, 1.54) is 20.9 Å². The van der Waals surface area contributed by atoms with Crippen LogP contribution in [0.1, 0.15) is 25.0 Å². The molecule has 1 aliphatic heterocycles. The lowest BCUT2D eigenvalue weighted by Gasteiger charge is -2.29. The zero-order valence-corrected chi connectivity index (χ0v) is 16.3. The van der Waals surface area contributed by atoms with E-state index in [0.29, 0.717) is 6.54 Å². The van der Waals surface area contributed by atoms with Crippen molar-refractivity contribution in [1.29, 1.82) is 0 Å². The fourth-order valence-electron chi connectivity index (χ4n) is 3.32. The Morgan fingerprint density at radius 3 is 2.42 bits per heavy atom. The number of nitrogens with one attached hydrogen (secondary N) is 4. The van der Waals surface area contributed by atoms with E-state index in [0.717, 1.165) is 38.5 Å². The summed E-state index contributed by atoms with van der Waals surface area (Å²) in [5.41, 5.74) is 2.47. The van der Waals surface area contributed by atoms with Gasteiger partial charge >= 0.3 is 6.03 Å². The number of rotatable bonds is 6. The number of ether oxygens (including phenoxy) is 1. The zero-order valence-electron chi connectivity index (χ0n) is 16.3. The standard InChI is InChI=1S/C19H30N4O3/c1-14(2)20-19(25)21-18(24)13-23-9-7-22(8-10-23)12-16-11-15(3)5-6-17(16)26-4/h5-6,11,14H,7-10,12-13H2,1-4H3,(H2,20,21,24,25)/p+2. The summed E-state index contributed by atoms with van der Waals surface area (Å²) in [7, 11) is 1.71. The van der Waals surface area contributed by atoms with Crippen LogP contribution in [0, 0.1) is 6.92 Å². The number of carbonyl (C=O) groups is 2. The van der Waals surface area contributed by atoms with Gasteiger partial charge in [0.15, 0.2) is 6.54 Å².